The number of amides is 1. The molecule has 4 nitrogen and oxygen atoms in total. The number of nitrogens with two attached hydrogens (primary N) is 1. The van der Waals surface area contributed by atoms with Gasteiger partial charge in [0.1, 0.15) is 5.75 Å². The summed E-state index contributed by atoms with van der Waals surface area (Å²) in [7, 11) is 1.55. The summed E-state index contributed by atoms with van der Waals surface area (Å²) >= 11 is 5.99. The van der Waals surface area contributed by atoms with E-state index in [4.69, 9.17) is 22.1 Å². The first-order valence-electron chi connectivity index (χ1n) is 5.33. The van der Waals surface area contributed by atoms with Gasteiger partial charge in [-0.2, -0.15) is 0 Å². The van der Waals surface area contributed by atoms with Crippen LogP contribution in [-0.2, 0) is 4.79 Å². The number of methoxy groups -OCH3 is 1. The van der Waals surface area contributed by atoms with Gasteiger partial charge in [0.25, 0.3) is 0 Å². The molecule has 3 N–H and O–H groups in total. The summed E-state index contributed by atoms with van der Waals surface area (Å²) in [6, 6.07) is 3.29. The maximum Gasteiger partial charge on any atom is 0.225 e. The zero-order chi connectivity index (χ0) is 13.0. The van der Waals surface area contributed by atoms with Gasteiger partial charge < -0.3 is 15.8 Å². The molecule has 17 heavy (non-hydrogen) atoms. The zero-order valence-corrected chi connectivity index (χ0v) is 11.0. The molecule has 0 aliphatic heterocycles. The number of ether oxygens (including phenoxy) is 1. The van der Waals surface area contributed by atoms with Crippen LogP contribution in [0.15, 0.2) is 12.1 Å². The van der Waals surface area contributed by atoms with Gasteiger partial charge in [-0.15, -0.1) is 0 Å². The molecule has 1 unspecified atom stereocenters. The maximum atomic E-state index is 11.6. The second kappa shape index (κ2) is 5.89. The first-order chi connectivity index (χ1) is 7.93. The molecule has 1 rings (SSSR count). The van der Waals surface area contributed by atoms with E-state index < -0.39 is 0 Å². The summed E-state index contributed by atoms with van der Waals surface area (Å²) in [4.78, 5) is 11.6. The molecule has 0 radical (unpaired) electrons. The largest absolute Gasteiger partial charge is 0.495 e. The van der Waals surface area contributed by atoms with Crippen molar-refractivity contribution in [1.29, 1.82) is 0 Å². The van der Waals surface area contributed by atoms with E-state index in [9.17, 15) is 4.79 Å². The molecule has 0 bridgehead atoms. The number of aryl methyl sites for hydroxylation is 1. The number of hydrogen-bond donors (Lipinski definition) is 2. The van der Waals surface area contributed by atoms with Crippen LogP contribution in [0.3, 0.4) is 0 Å². The fourth-order valence-corrected chi connectivity index (χ4v) is 1.68. The average Bonchev–Trinajstić information content (AvgIpc) is 2.21. The van der Waals surface area contributed by atoms with Crippen LogP contribution in [0, 0.1) is 6.92 Å². The topological polar surface area (TPSA) is 64.3 Å². The molecule has 1 aromatic carbocycles. The molecule has 0 saturated carbocycles. The zero-order valence-electron chi connectivity index (χ0n) is 10.2. The van der Waals surface area contributed by atoms with Crippen molar-refractivity contribution < 1.29 is 9.53 Å². The lowest BCUT2D eigenvalue weighted by Gasteiger charge is -2.12. The lowest BCUT2D eigenvalue weighted by Crippen LogP contribution is -2.24. The summed E-state index contributed by atoms with van der Waals surface area (Å²) in [6.07, 6.45) is 0.281. The van der Waals surface area contributed by atoms with Gasteiger partial charge in [0.15, 0.2) is 0 Å². The third kappa shape index (κ3) is 3.91. The van der Waals surface area contributed by atoms with Gasteiger partial charge in [0.2, 0.25) is 5.91 Å². The van der Waals surface area contributed by atoms with Crippen LogP contribution in [0.2, 0.25) is 5.02 Å². The number of halogens is 1. The molecule has 0 fully saturated rings. The molecule has 0 spiro atoms. The third-order valence-electron chi connectivity index (χ3n) is 2.28. The highest BCUT2D eigenvalue weighted by atomic mass is 35.5. The van der Waals surface area contributed by atoms with Crippen molar-refractivity contribution in [3.05, 3.63) is 22.7 Å². The molecule has 0 saturated heterocycles. The minimum Gasteiger partial charge on any atom is -0.495 e. The molecule has 1 aromatic rings. The van der Waals surface area contributed by atoms with Crippen molar-refractivity contribution in [3.63, 3.8) is 0 Å². The minimum absolute atomic E-state index is 0.121. The number of anilines is 1. The van der Waals surface area contributed by atoms with E-state index in [1.807, 2.05) is 6.92 Å². The molecule has 0 aliphatic carbocycles. The van der Waals surface area contributed by atoms with Crippen molar-refractivity contribution in [2.75, 3.05) is 12.4 Å². The van der Waals surface area contributed by atoms with Gasteiger partial charge in [-0.1, -0.05) is 11.6 Å². The van der Waals surface area contributed by atoms with Crippen molar-refractivity contribution in [2.45, 2.75) is 26.3 Å². The van der Waals surface area contributed by atoms with Gasteiger partial charge >= 0.3 is 0 Å². The fraction of sp³-hybridized carbons (Fsp3) is 0.417. The van der Waals surface area contributed by atoms with Crippen LogP contribution < -0.4 is 15.8 Å². The Morgan fingerprint density at radius 3 is 2.76 bits per heavy atom. The van der Waals surface area contributed by atoms with Crippen molar-refractivity contribution in [3.8, 4) is 5.75 Å². The monoisotopic (exact) mass is 256 g/mol. The standard InChI is InChI=1S/C12H17ClN2O2/c1-7-4-11(17-3)9(13)6-10(7)15-12(16)5-8(2)14/h4,6,8H,5,14H2,1-3H3,(H,15,16). The summed E-state index contributed by atoms with van der Waals surface area (Å²) in [5.41, 5.74) is 7.13. The minimum atomic E-state index is -0.163. The Labute approximate surface area is 106 Å². The van der Waals surface area contributed by atoms with E-state index in [1.165, 1.54) is 0 Å². The molecule has 5 heteroatoms. The Kier molecular flexibility index (Phi) is 4.78. The van der Waals surface area contributed by atoms with E-state index >= 15 is 0 Å². The summed E-state index contributed by atoms with van der Waals surface area (Å²) in [5.74, 6) is 0.471. The first-order valence-corrected chi connectivity index (χ1v) is 5.71. The van der Waals surface area contributed by atoms with Gasteiger partial charge in [0, 0.05) is 18.2 Å². The van der Waals surface area contributed by atoms with E-state index in [0.717, 1.165) is 5.56 Å². The van der Waals surface area contributed by atoms with E-state index in [1.54, 1.807) is 26.2 Å². The molecule has 1 amide bonds. The van der Waals surface area contributed by atoms with Gasteiger partial charge in [-0.3, -0.25) is 4.79 Å². The molecular formula is C12H17ClN2O2. The van der Waals surface area contributed by atoms with Gasteiger partial charge in [-0.05, 0) is 31.5 Å². The highest BCUT2D eigenvalue weighted by Crippen LogP contribution is 2.30. The quantitative estimate of drug-likeness (QED) is 0.869. The van der Waals surface area contributed by atoms with Gasteiger partial charge in [-0.25, -0.2) is 0 Å². The Morgan fingerprint density at radius 2 is 2.24 bits per heavy atom. The van der Waals surface area contributed by atoms with Crippen molar-refractivity contribution >= 4 is 23.2 Å². The highest BCUT2D eigenvalue weighted by molar-refractivity contribution is 6.32. The van der Waals surface area contributed by atoms with E-state index in [0.29, 0.717) is 16.5 Å². The summed E-state index contributed by atoms with van der Waals surface area (Å²) in [6.45, 7) is 3.66. The molecular weight excluding hydrogens is 240 g/mol. The third-order valence-corrected chi connectivity index (χ3v) is 2.58. The molecule has 1 atom stereocenters. The van der Waals surface area contributed by atoms with Crippen molar-refractivity contribution in [1.82, 2.24) is 0 Å². The number of rotatable bonds is 4. The maximum absolute atomic E-state index is 11.6. The number of carbonyl (C=O) groups is 1. The average molecular weight is 257 g/mol. The number of hydrogen-bond acceptors (Lipinski definition) is 3. The Balaban J connectivity index is 2.85. The Bertz CT molecular complexity index is 419. The fourth-order valence-electron chi connectivity index (χ4n) is 1.44. The summed E-state index contributed by atoms with van der Waals surface area (Å²) < 4.78 is 5.09. The van der Waals surface area contributed by atoms with Crippen molar-refractivity contribution in [2.24, 2.45) is 5.73 Å². The smallest absolute Gasteiger partial charge is 0.225 e. The van der Waals surface area contributed by atoms with E-state index in [2.05, 4.69) is 5.32 Å². The Morgan fingerprint density at radius 1 is 1.59 bits per heavy atom. The van der Waals surface area contributed by atoms with Crippen LogP contribution in [0.25, 0.3) is 0 Å². The van der Waals surface area contributed by atoms with Crippen LogP contribution in [0.1, 0.15) is 18.9 Å². The number of benzene rings is 1. The lowest BCUT2D eigenvalue weighted by molar-refractivity contribution is -0.116. The number of carbonyl (C=O) groups excluding carboxylic acids is 1. The van der Waals surface area contributed by atoms with Crippen LogP contribution in [0.5, 0.6) is 5.75 Å². The second-order valence-electron chi connectivity index (χ2n) is 4.03. The van der Waals surface area contributed by atoms with Crippen LogP contribution in [0.4, 0.5) is 5.69 Å². The molecule has 94 valence electrons. The first kappa shape index (κ1) is 13.8. The number of nitrogens with one attached hydrogen (secondary N) is 1. The molecule has 0 aromatic heterocycles. The lowest BCUT2D eigenvalue weighted by atomic mass is 10.1. The van der Waals surface area contributed by atoms with Gasteiger partial charge in [0.05, 0.1) is 12.1 Å². The molecule has 0 heterocycles. The SMILES string of the molecule is COc1cc(C)c(NC(=O)CC(C)N)cc1Cl. The highest BCUT2D eigenvalue weighted by Gasteiger charge is 2.10. The molecule has 0 aliphatic rings. The normalized spacial score (nSPS) is 12.1. The van der Waals surface area contributed by atoms with Crippen LogP contribution >= 0.6 is 11.6 Å². The van der Waals surface area contributed by atoms with Crippen LogP contribution in [-0.4, -0.2) is 19.1 Å². The van der Waals surface area contributed by atoms with E-state index in [-0.39, 0.29) is 18.4 Å². The Hall–Kier alpha value is -1.26. The predicted molar refractivity (Wildman–Crippen MR) is 69.6 cm³/mol. The summed E-state index contributed by atoms with van der Waals surface area (Å²) in [5, 5.41) is 3.24. The predicted octanol–water partition coefficient (Wildman–Crippen LogP) is 2.33. The second-order valence-corrected chi connectivity index (χ2v) is 4.44.